The Morgan fingerprint density at radius 2 is 2.41 bits per heavy atom. The van der Waals surface area contributed by atoms with E-state index in [0.29, 0.717) is 12.0 Å². The van der Waals surface area contributed by atoms with Gasteiger partial charge in [0.25, 0.3) is 0 Å². The van der Waals surface area contributed by atoms with Gasteiger partial charge in [-0.1, -0.05) is 0 Å². The number of piperazine rings is 1. The molecule has 90 valence electrons. The van der Waals surface area contributed by atoms with Crippen LogP contribution in [0.4, 0.5) is 11.8 Å². The number of rotatable bonds is 1. The van der Waals surface area contributed by atoms with Gasteiger partial charge in [0.2, 0.25) is 5.95 Å². The standard InChI is InChI=1S/C10H14N6S/c1-6-4-12-2-3-16(6)8-7-9(17-5-13-7)15-10(11)14-8/h5-6,12H,2-4H2,1H3,(H2,11,14,15). The van der Waals surface area contributed by atoms with E-state index in [2.05, 4.69) is 32.1 Å². The molecule has 0 radical (unpaired) electrons. The molecule has 3 rings (SSSR count). The highest BCUT2D eigenvalue weighted by Gasteiger charge is 2.23. The summed E-state index contributed by atoms with van der Waals surface area (Å²) in [5, 5.41) is 3.36. The molecule has 1 saturated heterocycles. The van der Waals surface area contributed by atoms with E-state index in [-0.39, 0.29) is 0 Å². The highest BCUT2D eigenvalue weighted by Crippen LogP contribution is 2.27. The van der Waals surface area contributed by atoms with Crippen molar-refractivity contribution in [3.63, 3.8) is 0 Å². The molecule has 1 fully saturated rings. The highest BCUT2D eigenvalue weighted by atomic mass is 32.1. The summed E-state index contributed by atoms with van der Waals surface area (Å²) in [7, 11) is 0. The molecule has 0 bridgehead atoms. The minimum atomic E-state index is 0.322. The molecule has 0 amide bonds. The second kappa shape index (κ2) is 4.08. The summed E-state index contributed by atoms with van der Waals surface area (Å²) in [5.74, 6) is 1.19. The predicted octanol–water partition coefficient (Wildman–Crippen LogP) is 0.467. The zero-order valence-corrected chi connectivity index (χ0v) is 10.4. The zero-order chi connectivity index (χ0) is 11.8. The van der Waals surface area contributed by atoms with Crippen molar-refractivity contribution in [3.8, 4) is 0 Å². The number of nitrogens with zero attached hydrogens (tertiary/aromatic N) is 4. The number of nitrogens with one attached hydrogen (secondary N) is 1. The van der Waals surface area contributed by atoms with Crippen molar-refractivity contribution in [1.29, 1.82) is 0 Å². The molecule has 1 aliphatic heterocycles. The number of nitrogen functional groups attached to an aromatic ring is 1. The van der Waals surface area contributed by atoms with E-state index in [9.17, 15) is 0 Å². The molecule has 0 spiro atoms. The number of nitrogens with two attached hydrogens (primary N) is 1. The fraction of sp³-hybridized carbons (Fsp3) is 0.500. The van der Waals surface area contributed by atoms with Crippen molar-refractivity contribution in [2.24, 2.45) is 0 Å². The number of aromatic nitrogens is 3. The molecule has 1 unspecified atom stereocenters. The minimum Gasteiger partial charge on any atom is -0.368 e. The van der Waals surface area contributed by atoms with Gasteiger partial charge in [0, 0.05) is 25.7 Å². The normalized spacial score (nSPS) is 21.0. The predicted molar refractivity (Wildman–Crippen MR) is 69.3 cm³/mol. The Hall–Kier alpha value is -1.47. The lowest BCUT2D eigenvalue weighted by molar-refractivity contribution is 0.498. The molecule has 3 N–H and O–H groups in total. The second-order valence-corrected chi connectivity index (χ2v) is 4.99. The van der Waals surface area contributed by atoms with Gasteiger partial charge in [0.1, 0.15) is 5.52 Å². The molecule has 0 aliphatic carbocycles. The summed E-state index contributed by atoms with van der Waals surface area (Å²) >= 11 is 1.50. The summed E-state index contributed by atoms with van der Waals surface area (Å²) in [6.45, 7) is 5.00. The fourth-order valence-electron chi connectivity index (χ4n) is 2.12. The summed E-state index contributed by atoms with van der Waals surface area (Å²) in [6.07, 6.45) is 0. The lowest BCUT2D eigenvalue weighted by atomic mass is 10.2. The SMILES string of the molecule is CC1CNCCN1c1nc(N)nc2scnc12. The van der Waals surface area contributed by atoms with Gasteiger partial charge in [-0.3, -0.25) is 0 Å². The summed E-state index contributed by atoms with van der Waals surface area (Å²) < 4.78 is 0. The van der Waals surface area contributed by atoms with Crippen LogP contribution in [0.2, 0.25) is 0 Å². The first-order valence-electron chi connectivity index (χ1n) is 5.60. The topological polar surface area (TPSA) is 80.0 Å². The minimum absolute atomic E-state index is 0.322. The number of anilines is 2. The van der Waals surface area contributed by atoms with Gasteiger partial charge in [-0.05, 0) is 6.92 Å². The van der Waals surface area contributed by atoms with Gasteiger partial charge in [-0.15, -0.1) is 11.3 Å². The van der Waals surface area contributed by atoms with Gasteiger partial charge in [0.05, 0.1) is 5.51 Å². The Labute approximate surface area is 103 Å². The van der Waals surface area contributed by atoms with E-state index >= 15 is 0 Å². The maximum Gasteiger partial charge on any atom is 0.223 e. The lowest BCUT2D eigenvalue weighted by Gasteiger charge is -2.34. The Morgan fingerprint density at radius 3 is 3.24 bits per heavy atom. The monoisotopic (exact) mass is 250 g/mol. The van der Waals surface area contributed by atoms with Crippen LogP contribution < -0.4 is 16.0 Å². The van der Waals surface area contributed by atoms with E-state index < -0.39 is 0 Å². The Morgan fingerprint density at radius 1 is 1.53 bits per heavy atom. The molecule has 7 heteroatoms. The van der Waals surface area contributed by atoms with Crippen LogP contribution in [0.15, 0.2) is 5.51 Å². The molecule has 0 aromatic carbocycles. The van der Waals surface area contributed by atoms with Crippen LogP contribution in [0, 0.1) is 0 Å². The van der Waals surface area contributed by atoms with E-state index in [1.807, 2.05) is 0 Å². The van der Waals surface area contributed by atoms with Crippen LogP contribution in [0.3, 0.4) is 0 Å². The number of hydrogen-bond donors (Lipinski definition) is 2. The summed E-state index contributed by atoms with van der Waals surface area (Å²) in [5.41, 5.74) is 8.40. The van der Waals surface area contributed by atoms with E-state index in [4.69, 9.17) is 5.73 Å². The molecular weight excluding hydrogens is 236 g/mol. The van der Waals surface area contributed by atoms with Crippen LogP contribution in [-0.4, -0.2) is 40.6 Å². The molecule has 17 heavy (non-hydrogen) atoms. The van der Waals surface area contributed by atoms with Crippen molar-refractivity contribution in [3.05, 3.63) is 5.51 Å². The number of thiazole rings is 1. The quantitative estimate of drug-likeness (QED) is 0.765. The molecule has 1 atom stereocenters. The number of fused-ring (bicyclic) bond motifs is 1. The average Bonchev–Trinajstić information content (AvgIpc) is 2.76. The Bertz CT molecular complexity index is 539. The molecule has 3 heterocycles. The maximum absolute atomic E-state index is 5.75. The zero-order valence-electron chi connectivity index (χ0n) is 9.55. The van der Waals surface area contributed by atoms with Gasteiger partial charge in [-0.2, -0.15) is 4.98 Å². The fourth-order valence-corrected chi connectivity index (χ4v) is 2.78. The van der Waals surface area contributed by atoms with Gasteiger partial charge < -0.3 is 16.0 Å². The molecule has 2 aromatic heterocycles. The van der Waals surface area contributed by atoms with Crippen molar-refractivity contribution in [2.75, 3.05) is 30.3 Å². The van der Waals surface area contributed by atoms with Gasteiger partial charge in [-0.25, -0.2) is 9.97 Å². The van der Waals surface area contributed by atoms with Crippen molar-refractivity contribution >= 4 is 33.5 Å². The first-order chi connectivity index (χ1) is 8.25. The third-order valence-corrected chi connectivity index (χ3v) is 3.69. The van der Waals surface area contributed by atoms with E-state index in [1.54, 1.807) is 5.51 Å². The van der Waals surface area contributed by atoms with Crippen LogP contribution in [0.1, 0.15) is 6.92 Å². The second-order valence-electron chi connectivity index (χ2n) is 4.16. The van der Waals surface area contributed by atoms with Crippen molar-refractivity contribution in [1.82, 2.24) is 20.3 Å². The molecule has 2 aromatic rings. The maximum atomic E-state index is 5.75. The van der Waals surface area contributed by atoms with Gasteiger partial charge in [0.15, 0.2) is 10.6 Å². The third kappa shape index (κ3) is 1.81. The van der Waals surface area contributed by atoms with Crippen LogP contribution in [-0.2, 0) is 0 Å². The Kier molecular flexibility index (Phi) is 2.56. The third-order valence-electron chi connectivity index (χ3n) is 2.97. The first kappa shape index (κ1) is 10.7. The van der Waals surface area contributed by atoms with Crippen LogP contribution in [0.25, 0.3) is 10.3 Å². The molecule has 6 nitrogen and oxygen atoms in total. The van der Waals surface area contributed by atoms with E-state index in [1.165, 1.54) is 11.3 Å². The largest absolute Gasteiger partial charge is 0.368 e. The van der Waals surface area contributed by atoms with Gasteiger partial charge >= 0.3 is 0 Å². The molecule has 0 saturated carbocycles. The summed E-state index contributed by atoms with van der Waals surface area (Å²) in [4.78, 5) is 16.0. The van der Waals surface area contributed by atoms with Crippen molar-refractivity contribution in [2.45, 2.75) is 13.0 Å². The Balaban J connectivity index is 2.11. The molecular formula is C10H14N6S. The highest BCUT2D eigenvalue weighted by molar-refractivity contribution is 7.16. The molecule has 1 aliphatic rings. The average molecular weight is 250 g/mol. The summed E-state index contributed by atoms with van der Waals surface area (Å²) in [6, 6.07) is 0.392. The van der Waals surface area contributed by atoms with Crippen LogP contribution >= 0.6 is 11.3 Å². The first-order valence-corrected chi connectivity index (χ1v) is 6.48. The van der Waals surface area contributed by atoms with Crippen molar-refractivity contribution < 1.29 is 0 Å². The van der Waals surface area contributed by atoms with E-state index in [0.717, 1.165) is 35.8 Å². The van der Waals surface area contributed by atoms with Crippen LogP contribution in [0.5, 0.6) is 0 Å². The number of hydrogen-bond acceptors (Lipinski definition) is 7. The lowest BCUT2D eigenvalue weighted by Crippen LogP contribution is -2.50. The smallest absolute Gasteiger partial charge is 0.223 e.